The minimum absolute atomic E-state index is 0.344. The van der Waals surface area contributed by atoms with Crippen molar-refractivity contribution >= 4 is 11.8 Å². The largest absolute Gasteiger partial charge is 0.368 e. The summed E-state index contributed by atoms with van der Waals surface area (Å²) in [5.41, 5.74) is 10.1. The molecule has 31 heavy (non-hydrogen) atoms. The standard InChI is InChI=1S/C26H37N5/c27-26-29-24-22(21-5-2-1-3-6-21)7-4-8-23(24)25(30-26)31-17-13-20(14-18-31)10-9-19-11-15-28-16-12-19/h1-3,5-6,19-20,22,28H,4,7-18H2,(H2,27,29,30). The summed E-state index contributed by atoms with van der Waals surface area (Å²) in [6.45, 7) is 4.65. The fourth-order valence-electron chi connectivity index (χ4n) is 6.00. The number of hydrogen-bond donors (Lipinski definition) is 2. The van der Waals surface area contributed by atoms with Crippen molar-refractivity contribution in [2.45, 2.75) is 63.7 Å². The van der Waals surface area contributed by atoms with Gasteiger partial charge in [0.15, 0.2) is 0 Å². The van der Waals surface area contributed by atoms with Crippen LogP contribution in [-0.2, 0) is 6.42 Å². The molecule has 2 aromatic rings. The highest BCUT2D eigenvalue weighted by Crippen LogP contribution is 2.40. The number of fused-ring (bicyclic) bond motifs is 1. The van der Waals surface area contributed by atoms with Crippen LogP contribution in [0.2, 0.25) is 0 Å². The zero-order valence-electron chi connectivity index (χ0n) is 18.7. The zero-order valence-corrected chi connectivity index (χ0v) is 18.7. The Bertz CT molecular complexity index is 854. The minimum Gasteiger partial charge on any atom is -0.368 e. The van der Waals surface area contributed by atoms with Gasteiger partial charge in [0.1, 0.15) is 5.82 Å². The van der Waals surface area contributed by atoms with Crippen LogP contribution in [0.3, 0.4) is 0 Å². The maximum Gasteiger partial charge on any atom is 0.222 e. The van der Waals surface area contributed by atoms with E-state index >= 15 is 0 Å². The number of nitrogen functional groups attached to an aromatic ring is 1. The van der Waals surface area contributed by atoms with Gasteiger partial charge in [0.2, 0.25) is 5.95 Å². The Morgan fingerprint density at radius 2 is 1.61 bits per heavy atom. The number of piperidine rings is 2. The first-order valence-corrected chi connectivity index (χ1v) is 12.4. The lowest BCUT2D eigenvalue weighted by molar-refractivity contribution is 0.295. The molecule has 5 heteroatoms. The molecule has 0 bridgehead atoms. The second-order valence-electron chi connectivity index (χ2n) is 9.83. The molecular formula is C26H37N5. The molecule has 0 amide bonds. The number of anilines is 2. The number of nitrogens with two attached hydrogens (primary N) is 1. The van der Waals surface area contributed by atoms with Gasteiger partial charge in [0.05, 0.1) is 5.69 Å². The van der Waals surface area contributed by atoms with E-state index in [-0.39, 0.29) is 0 Å². The number of benzene rings is 1. The third kappa shape index (κ3) is 4.72. The van der Waals surface area contributed by atoms with Crippen LogP contribution in [0, 0.1) is 11.8 Å². The van der Waals surface area contributed by atoms with E-state index in [1.807, 2.05) is 0 Å². The summed E-state index contributed by atoms with van der Waals surface area (Å²) >= 11 is 0. The molecule has 3 aliphatic rings. The Hall–Kier alpha value is -2.14. The average molecular weight is 420 g/mol. The summed E-state index contributed by atoms with van der Waals surface area (Å²) in [6.07, 6.45) is 11.5. The van der Waals surface area contributed by atoms with Gasteiger partial charge in [-0.25, -0.2) is 4.98 Å². The lowest BCUT2D eigenvalue weighted by Gasteiger charge is -2.36. The van der Waals surface area contributed by atoms with Crippen molar-refractivity contribution in [3.05, 3.63) is 47.2 Å². The second kappa shape index (κ2) is 9.56. The molecule has 1 aliphatic carbocycles. The molecular weight excluding hydrogens is 382 g/mol. The van der Waals surface area contributed by atoms with Crippen molar-refractivity contribution < 1.29 is 0 Å². The summed E-state index contributed by atoms with van der Waals surface area (Å²) in [4.78, 5) is 12.0. The highest BCUT2D eigenvalue weighted by molar-refractivity contribution is 5.55. The van der Waals surface area contributed by atoms with Gasteiger partial charge in [-0.3, -0.25) is 0 Å². The predicted octanol–water partition coefficient (Wildman–Crippen LogP) is 4.52. The highest BCUT2D eigenvalue weighted by atomic mass is 15.2. The van der Waals surface area contributed by atoms with E-state index in [9.17, 15) is 0 Å². The molecule has 5 nitrogen and oxygen atoms in total. The molecule has 0 saturated carbocycles. The molecule has 1 aromatic carbocycles. The van der Waals surface area contributed by atoms with E-state index in [1.54, 1.807) is 0 Å². The molecule has 2 aliphatic heterocycles. The maximum absolute atomic E-state index is 6.23. The van der Waals surface area contributed by atoms with E-state index in [4.69, 9.17) is 15.7 Å². The van der Waals surface area contributed by atoms with Gasteiger partial charge in [-0.15, -0.1) is 0 Å². The number of nitrogens with one attached hydrogen (secondary N) is 1. The van der Waals surface area contributed by atoms with Crippen molar-refractivity contribution in [1.29, 1.82) is 0 Å². The highest BCUT2D eigenvalue weighted by Gasteiger charge is 2.30. The van der Waals surface area contributed by atoms with Gasteiger partial charge in [-0.1, -0.05) is 43.2 Å². The van der Waals surface area contributed by atoms with Gasteiger partial charge in [0, 0.05) is 24.6 Å². The molecule has 3 N–H and O–H groups in total. The molecule has 0 radical (unpaired) electrons. The molecule has 1 atom stereocenters. The first-order chi connectivity index (χ1) is 15.3. The maximum atomic E-state index is 6.23. The number of rotatable bonds is 5. The van der Waals surface area contributed by atoms with Gasteiger partial charge in [-0.05, 0) is 75.4 Å². The van der Waals surface area contributed by atoms with Crippen LogP contribution in [0.25, 0.3) is 0 Å². The Kier molecular flexibility index (Phi) is 6.40. The summed E-state index contributed by atoms with van der Waals surface area (Å²) in [5, 5.41) is 3.49. The molecule has 5 rings (SSSR count). The van der Waals surface area contributed by atoms with Gasteiger partial charge < -0.3 is 16.0 Å². The summed E-state index contributed by atoms with van der Waals surface area (Å²) in [7, 11) is 0. The monoisotopic (exact) mass is 419 g/mol. The van der Waals surface area contributed by atoms with Crippen LogP contribution < -0.4 is 16.0 Å². The van der Waals surface area contributed by atoms with E-state index in [0.717, 1.165) is 43.6 Å². The first-order valence-electron chi connectivity index (χ1n) is 12.4. The molecule has 166 valence electrons. The lowest BCUT2D eigenvalue weighted by atomic mass is 9.82. The Labute approximate surface area is 186 Å². The van der Waals surface area contributed by atoms with Crippen molar-refractivity contribution in [2.75, 3.05) is 36.8 Å². The van der Waals surface area contributed by atoms with Crippen molar-refractivity contribution in [3.63, 3.8) is 0 Å². The third-order valence-corrected chi connectivity index (χ3v) is 7.84. The topological polar surface area (TPSA) is 67.1 Å². The fraction of sp³-hybridized carbons (Fsp3) is 0.615. The van der Waals surface area contributed by atoms with Crippen LogP contribution in [-0.4, -0.2) is 36.1 Å². The Morgan fingerprint density at radius 3 is 2.35 bits per heavy atom. The first kappa shape index (κ1) is 20.7. The molecule has 1 unspecified atom stereocenters. The van der Waals surface area contributed by atoms with Crippen LogP contribution >= 0.6 is 0 Å². The molecule has 3 heterocycles. The van der Waals surface area contributed by atoms with Gasteiger partial charge in [-0.2, -0.15) is 4.98 Å². The quantitative estimate of drug-likeness (QED) is 0.746. The smallest absolute Gasteiger partial charge is 0.222 e. The predicted molar refractivity (Wildman–Crippen MR) is 127 cm³/mol. The number of aromatic nitrogens is 2. The second-order valence-corrected chi connectivity index (χ2v) is 9.83. The van der Waals surface area contributed by atoms with Gasteiger partial charge >= 0.3 is 0 Å². The lowest BCUT2D eigenvalue weighted by Crippen LogP contribution is -2.36. The van der Waals surface area contributed by atoms with Crippen molar-refractivity contribution in [2.24, 2.45) is 11.8 Å². The van der Waals surface area contributed by atoms with Gasteiger partial charge in [0.25, 0.3) is 0 Å². The van der Waals surface area contributed by atoms with E-state index in [1.165, 1.54) is 74.9 Å². The van der Waals surface area contributed by atoms with E-state index < -0.39 is 0 Å². The Balaban J connectivity index is 1.27. The molecule has 2 fully saturated rings. The normalized spacial score (nSPS) is 23.0. The zero-order chi connectivity index (χ0) is 21.0. The fourth-order valence-corrected chi connectivity index (χ4v) is 6.00. The van der Waals surface area contributed by atoms with Crippen LogP contribution in [0.5, 0.6) is 0 Å². The van der Waals surface area contributed by atoms with Crippen molar-refractivity contribution in [3.8, 4) is 0 Å². The molecule has 0 spiro atoms. The summed E-state index contributed by atoms with van der Waals surface area (Å²) in [6, 6.07) is 10.8. The van der Waals surface area contributed by atoms with E-state index in [2.05, 4.69) is 40.5 Å². The molecule has 2 saturated heterocycles. The van der Waals surface area contributed by atoms with Crippen LogP contribution in [0.1, 0.15) is 74.1 Å². The number of hydrogen-bond acceptors (Lipinski definition) is 5. The average Bonchev–Trinajstić information content (AvgIpc) is 2.83. The van der Waals surface area contributed by atoms with Crippen LogP contribution in [0.4, 0.5) is 11.8 Å². The van der Waals surface area contributed by atoms with E-state index in [0.29, 0.717) is 11.9 Å². The third-order valence-electron chi connectivity index (χ3n) is 7.84. The SMILES string of the molecule is Nc1nc2c(c(N3CCC(CCC4CCNCC4)CC3)n1)CCCC2c1ccccc1. The van der Waals surface area contributed by atoms with Crippen molar-refractivity contribution in [1.82, 2.24) is 15.3 Å². The number of nitrogens with zero attached hydrogens (tertiary/aromatic N) is 3. The summed E-state index contributed by atoms with van der Waals surface area (Å²) < 4.78 is 0. The molecule has 1 aromatic heterocycles. The Morgan fingerprint density at radius 1 is 0.903 bits per heavy atom. The summed E-state index contributed by atoms with van der Waals surface area (Å²) in [5.74, 6) is 3.72. The minimum atomic E-state index is 0.344. The van der Waals surface area contributed by atoms with Crippen LogP contribution in [0.15, 0.2) is 30.3 Å².